The first-order valence-corrected chi connectivity index (χ1v) is 24.5. The molecule has 0 aromatic heterocycles. The molecule has 0 aliphatic carbocycles. The fourth-order valence-electron chi connectivity index (χ4n) is 7.16. The third-order valence-corrected chi connectivity index (χ3v) is 10.9. The van der Waals surface area contributed by atoms with Gasteiger partial charge >= 0.3 is 5.97 Å². The first kappa shape index (κ1) is 55.6. The molecule has 0 aliphatic rings. The highest BCUT2D eigenvalue weighted by molar-refractivity contribution is 5.78. The standard InChI is InChI=1S/C52H93NO5/c1-4-7-10-13-16-19-22-24-26-28-30-33-36-39-42-45-52(57)58-48(43-40-37-34-31-29-27-25-23-20-17-14-11-8-5-2)46-51(56)53-49(47-54)50(55)44-41-38-35-32-21-18-15-12-9-6-3/h8,11,17,20,25,27,31,34,40,43,48-50,54-55H,4-7,9-10,12-16,18-19,21-24,26,28-30,32-33,35-39,41-42,44-47H2,1-3H3,(H,53,56)/b11-8+,20-17+,27-25+,34-31+,43-40+. The highest BCUT2D eigenvalue weighted by atomic mass is 16.5. The fourth-order valence-corrected chi connectivity index (χ4v) is 7.16. The zero-order valence-corrected chi connectivity index (χ0v) is 38.2. The van der Waals surface area contributed by atoms with E-state index in [4.69, 9.17) is 4.74 Å². The molecule has 0 aromatic carbocycles. The maximum absolute atomic E-state index is 13.1. The van der Waals surface area contributed by atoms with Crippen LogP contribution in [0.3, 0.4) is 0 Å². The zero-order chi connectivity index (χ0) is 42.4. The lowest BCUT2D eigenvalue weighted by Gasteiger charge is -2.23. The van der Waals surface area contributed by atoms with Gasteiger partial charge in [0.05, 0.1) is 25.2 Å². The van der Waals surface area contributed by atoms with Crippen molar-refractivity contribution in [2.45, 2.75) is 251 Å². The number of unbranched alkanes of at least 4 members (excludes halogenated alkanes) is 23. The van der Waals surface area contributed by atoms with Gasteiger partial charge in [0.15, 0.2) is 0 Å². The number of carbonyl (C=O) groups is 2. The molecule has 6 heteroatoms. The molecule has 6 nitrogen and oxygen atoms in total. The molecule has 0 rings (SSSR count). The third-order valence-electron chi connectivity index (χ3n) is 10.9. The van der Waals surface area contributed by atoms with E-state index in [1.165, 1.54) is 122 Å². The van der Waals surface area contributed by atoms with Crippen LogP contribution in [0.4, 0.5) is 0 Å². The van der Waals surface area contributed by atoms with Crippen molar-refractivity contribution in [2.24, 2.45) is 0 Å². The van der Waals surface area contributed by atoms with Crippen molar-refractivity contribution in [2.75, 3.05) is 6.61 Å². The van der Waals surface area contributed by atoms with E-state index in [0.717, 1.165) is 64.2 Å². The Bertz CT molecular complexity index is 1050. The molecule has 58 heavy (non-hydrogen) atoms. The van der Waals surface area contributed by atoms with Crippen LogP contribution in [-0.4, -0.2) is 46.9 Å². The largest absolute Gasteiger partial charge is 0.458 e. The summed E-state index contributed by atoms with van der Waals surface area (Å²) in [6, 6.07) is -0.740. The maximum atomic E-state index is 13.1. The Kier molecular flexibility index (Phi) is 43.7. The Morgan fingerprint density at radius 1 is 0.517 bits per heavy atom. The van der Waals surface area contributed by atoms with E-state index in [1.54, 1.807) is 6.08 Å². The molecule has 0 aromatic rings. The summed E-state index contributed by atoms with van der Waals surface area (Å²) in [6.07, 6.45) is 56.0. The summed E-state index contributed by atoms with van der Waals surface area (Å²) in [7, 11) is 0. The normalized spacial score (nSPS) is 13.8. The number of ether oxygens (including phenoxy) is 1. The van der Waals surface area contributed by atoms with Gasteiger partial charge in [0.25, 0.3) is 0 Å². The number of esters is 1. The molecule has 0 saturated heterocycles. The second kappa shape index (κ2) is 45.6. The number of carbonyl (C=O) groups excluding carboxylic acids is 2. The van der Waals surface area contributed by atoms with Gasteiger partial charge in [-0.3, -0.25) is 9.59 Å². The Morgan fingerprint density at radius 2 is 0.897 bits per heavy atom. The number of aliphatic hydroxyl groups is 2. The molecule has 3 N–H and O–H groups in total. The first-order valence-electron chi connectivity index (χ1n) is 24.5. The van der Waals surface area contributed by atoms with E-state index < -0.39 is 18.2 Å². The highest BCUT2D eigenvalue weighted by Crippen LogP contribution is 2.16. The van der Waals surface area contributed by atoms with E-state index in [2.05, 4.69) is 74.7 Å². The molecule has 0 spiro atoms. The van der Waals surface area contributed by atoms with E-state index in [9.17, 15) is 19.8 Å². The minimum absolute atomic E-state index is 0.0449. The van der Waals surface area contributed by atoms with Gasteiger partial charge in [-0.1, -0.05) is 230 Å². The van der Waals surface area contributed by atoms with Crippen molar-refractivity contribution in [1.82, 2.24) is 5.32 Å². The van der Waals surface area contributed by atoms with E-state index in [1.807, 2.05) is 6.08 Å². The van der Waals surface area contributed by atoms with Crippen molar-refractivity contribution in [3.63, 3.8) is 0 Å². The van der Waals surface area contributed by atoms with Crippen LogP contribution in [0.2, 0.25) is 0 Å². The monoisotopic (exact) mass is 812 g/mol. The molecule has 0 heterocycles. The van der Waals surface area contributed by atoms with Gasteiger partial charge in [0, 0.05) is 6.42 Å². The van der Waals surface area contributed by atoms with Crippen LogP contribution in [-0.2, 0) is 14.3 Å². The second-order valence-electron chi connectivity index (χ2n) is 16.5. The molecule has 0 radical (unpaired) electrons. The van der Waals surface area contributed by atoms with Crippen LogP contribution < -0.4 is 5.32 Å². The highest BCUT2D eigenvalue weighted by Gasteiger charge is 2.23. The molecular weight excluding hydrogens is 719 g/mol. The van der Waals surface area contributed by atoms with Crippen molar-refractivity contribution in [1.29, 1.82) is 0 Å². The number of aliphatic hydroxyl groups excluding tert-OH is 2. The number of rotatable bonds is 43. The lowest BCUT2D eigenvalue weighted by Crippen LogP contribution is -2.46. The molecule has 1 amide bonds. The molecule has 0 bridgehead atoms. The first-order chi connectivity index (χ1) is 28.5. The summed E-state index contributed by atoms with van der Waals surface area (Å²) in [6.45, 7) is 6.32. The van der Waals surface area contributed by atoms with Crippen LogP contribution in [0.5, 0.6) is 0 Å². The number of hydrogen-bond donors (Lipinski definition) is 3. The van der Waals surface area contributed by atoms with Crippen molar-refractivity contribution in [3.05, 3.63) is 60.8 Å². The zero-order valence-electron chi connectivity index (χ0n) is 38.2. The van der Waals surface area contributed by atoms with Crippen molar-refractivity contribution >= 4 is 11.9 Å². The van der Waals surface area contributed by atoms with Crippen molar-refractivity contribution in [3.8, 4) is 0 Å². The Morgan fingerprint density at radius 3 is 1.31 bits per heavy atom. The van der Waals surface area contributed by atoms with Crippen LogP contribution in [0.15, 0.2) is 60.8 Å². The van der Waals surface area contributed by atoms with E-state index in [-0.39, 0.29) is 24.9 Å². The Hall–Kier alpha value is -2.44. The van der Waals surface area contributed by atoms with E-state index >= 15 is 0 Å². The van der Waals surface area contributed by atoms with Gasteiger partial charge in [-0.05, 0) is 51.0 Å². The average Bonchev–Trinajstić information content (AvgIpc) is 3.22. The van der Waals surface area contributed by atoms with Gasteiger partial charge in [-0.2, -0.15) is 0 Å². The molecule has 3 unspecified atom stereocenters. The predicted molar refractivity (Wildman–Crippen MR) is 250 cm³/mol. The second-order valence-corrected chi connectivity index (χ2v) is 16.5. The number of amides is 1. The molecule has 0 fully saturated rings. The minimum Gasteiger partial charge on any atom is -0.458 e. The molecule has 336 valence electrons. The van der Waals surface area contributed by atoms with Crippen molar-refractivity contribution < 1.29 is 24.5 Å². The summed E-state index contributed by atoms with van der Waals surface area (Å²) in [5, 5.41) is 23.6. The maximum Gasteiger partial charge on any atom is 0.306 e. The molecule has 0 saturated carbocycles. The SMILES string of the molecule is CC/C=C/C/C=C/C/C=C/C/C=C/C/C=C/C(CC(=O)NC(CO)C(O)CCCCCCCCCCCC)OC(=O)CCCCCCCCCCCCCCCCC. The molecular formula is C52H93NO5. The number of hydrogen-bond acceptors (Lipinski definition) is 5. The quantitative estimate of drug-likeness (QED) is 0.0324. The van der Waals surface area contributed by atoms with Crippen LogP contribution in [0, 0.1) is 0 Å². The van der Waals surface area contributed by atoms with Gasteiger partial charge < -0.3 is 20.3 Å². The smallest absolute Gasteiger partial charge is 0.306 e. The average molecular weight is 812 g/mol. The summed E-state index contributed by atoms with van der Waals surface area (Å²) >= 11 is 0. The number of nitrogens with one attached hydrogen (secondary N) is 1. The fraction of sp³-hybridized carbons (Fsp3) is 0.769. The van der Waals surface area contributed by atoms with Gasteiger partial charge in [0.2, 0.25) is 5.91 Å². The summed E-state index contributed by atoms with van der Waals surface area (Å²) < 4.78 is 5.81. The lowest BCUT2D eigenvalue weighted by atomic mass is 10.0. The molecule has 3 atom stereocenters. The minimum atomic E-state index is -0.817. The molecule has 0 aliphatic heterocycles. The van der Waals surface area contributed by atoms with Gasteiger partial charge in [0.1, 0.15) is 6.10 Å². The number of allylic oxidation sites excluding steroid dienone is 9. The summed E-state index contributed by atoms with van der Waals surface area (Å²) in [4.78, 5) is 26.0. The Labute approximate surface area is 358 Å². The lowest BCUT2D eigenvalue weighted by molar-refractivity contribution is -0.148. The van der Waals surface area contributed by atoms with Crippen LogP contribution >= 0.6 is 0 Å². The van der Waals surface area contributed by atoms with E-state index in [0.29, 0.717) is 19.3 Å². The van der Waals surface area contributed by atoms with Crippen LogP contribution in [0.1, 0.15) is 233 Å². The third kappa shape index (κ3) is 40.3. The predicted octanol–water partition coefficient (Wildman–Crippen LogP) is 14.5. The summed E-state index contributed by atoms with van der Waals surface area (Å²) in [5.74, 6) is -0.625. The van der Waals surface area contributed by atoms with Crippen LogP contribution in [0.25, 0.3) is 0 Å². The topological polar surface area (TPSA) is 95.9 Å². The summed E-state index contributed by atoms with van der Waals surface area (Å²) in [5.41, 5.74) is 0. The Balaban J connectivity index is 4.73. The van der Waals surface area contributed by atoms with Gasteiger partial charge in [-0.15, -0.1) is 0 Å². The van der Waals surface area contributed by atoms with Gasteiger partial charge in [-0.25, -0.2) is 0 Å².